The Balaban J connectivity index is 1.60. The predicted octanol–water partition coefficient (Wildman–Crippen LogP) is 5.16. The fraction of sp³-hybridized carbons (Fsp3) is 0.391. The van der Waals surface area contributed by atoms with Crippen molar-refractivity contribution in [1.29, 1.82) is 0 Å². The van der Waals surface area contributed by atoms with E-state index in [4.69, 9.17) is 22.3 Å². The molecule has 1 aromatic carbocycles. The average molecular weight is 424 g/mol. The second-order valence-electron chi connectivity index (χ2n) is 8.94. The number of para-hydroxylation sites is 1. The monoisotopic (exact) mass is 423 g/mol. The Kier molecular flexibility index (Phi) is 4.52. The minimum atomic E-state index is -0.636. The number of aliphatic hydroxyl groups is 1. The molecule has 3 heterocycles. The molecule has 1 aliphatic rings. The van der Waals surface area contributed by atoms with E-state index in [1.54, 1.807) is 6.20 Å². The van der Waals surface area contributed by atoms with Crippen molar-refractivity contribution in [1.82, 2.24) is 19.4 Å². The Morgan fingerprint density at radius 2 is 2.00 bits per heavy atom. The van der Waals surface area contributed by atoms with Crippen LogP contribution >= 0.6 is 11.6 Å². The van der Waals surface area contributed by atoms with Gasteiger partial charge in [0.1, 0.15) is 22.9 Å². The summed E-state index contributed by atoms with van der Waals surface area (Å²) < 4.78 is 2.08. The van der Waals surface area contributed by atoms with Gasteiger partial charge in [0.15, 0.2) is 0 Å². The van der Waals surface area contributed by atoms with Gasteiger partial charge in [-0.1, -0.05) is 23.7 Å². The highest BCUT2D eigenvalue weighted by Gasteiger charge is 2.34. The lowest BCUT2D eigenvalue weighted by Crippen LogP contribution is -2.33. The molecule has 1 saturated carbocycles. The third kappa shape index (κ3) is 3.15. The third-order valence-corrected chi connectivity index (χ3v) is 6.88. The fourth-order valence-electron chi connectivity index (χ4n) is 4.87. The van der Waals surface area contributed by atoms with E-state index in [0.717, 1.165) is 59.3 Å². The van der Waals surface area contributed by atoms with Gasteiger partial charge in [0.25, 0.3) is 0 Å². The number of aromatic nitrogens is 4. The van der Waals surface area contributed by atoms with Gasteiger partial charge < -0.3 is 15.8 Å². The first-order chi connectivity index (χ1) is 14.3. The molecule has 0 bridgehead atoms. The second kappa shape index (κ2) is 7.00. The molecule has 0 radical (unpaired) electrons. The molecule has 0 atom stereocenters. The van der Waals surface area contributed by atoms with Crippen LogP contribution in [0.5, 0.6) is 0 Å². The smallest absolute Gasteiger partial charge is 0.150 e. The summed E-state index contributed by atoms with van der Waals surface area (Å²) in [6, 6.07) is 7.90. The molecule has 0 spiro atoms. The standard InChI is InChI=1S/C23H26ClN5O/c1-23(2,30)15-8-6-13(7-9-15)22-28-19(20-21(25)26-10-11-29(20)22)17-12-14-4-3-5-16(24)18(14)27-17/h3-5,10-13,15,27,30H,6-9H2,1-2H3,(H2,25,26)/t13-,15-. The van der Waals surface area contributed by atoms with Crippen molar-refractivity contribution >= 4 is 33.8 Å². The van der Waals surface area contributed by atoms with E-state index in [-0.39, 0.29) is 0 Å². The third-order valence-electron chi connectivity index (χ3n) is 6.56. The Morgan fingerprint density at radius 1 is 1.23 bits per heavy atom. The number of benzene rings is 1. The Hall–Kier alpha value is -2.57. The maximum atomic E-state index is 10.4. The van der Waals surface area contributed by atoms with Gasteiger partial charge in [0.05, 0.1) is 21.8 Å². The first-order valence-corrected chi connectivity index (χ1v) is 10.8. The Bertz CT molecular complexity index is 1230. The molecule has 1 fully saturated rings. The van der Waals surface area contributed by atoms with Crippen LogP contribution in [0.15, 0.2) is 36.7 Å². The molecular formula is C23H26ClN5O. The maximum Gasteiger partial charge on any atom is 0.150 e. The molecule has 0 aliphatic heterocycles. The normalized spacial score (nSPS) is 20.3. The van der Waals surface area contributed by atoms with E-state index in [9.17, 15) is 5.11 Å². The summed E-state index contributed by atoms with van der Waals surface area (Å²) in [7, 11) is 0. The summed E-state index contributed by atoms with van der Waals surface area (Å²) in [5.41, 5.74) is 9.05. The van der Waals surface area contributed by atoms with Gasteiger partial charge in [-0.05, 0) is 57.6 Å². The molecule has 6 nitrogen and oxygen atoms in total. The summed E-state index contributed by atoms with van der Waals surface area (Å²) in [5, 5.41) is 12.1. The second-order valence-corrected chi connectivity index (χ2v) is 9.35. The molecule has 3 aromatic heterocycles. The van der Waals surface area contributed by atoms with Crippen LogP contribution in [0.1, 0.15) is 51.3 Å². The highest BCUT2D eigenvalue weighted by molar-refractivity contribution is 6.35. The minimum Gasteiger partial charge on any atom is -0.390 e. The van der Waals surface area contributed by atoms with E-state index in [1.807, 2.05) is 38.2 Å². The zero-order valence-electron chi connectivity index (χ0n) is 17.2. The number of anilines is 1. The zero-order chi connectivity index (χ0) is 21.0. The number of aromatic amines is 1. The highest BCUT2D eigenvalue weighted by Crippen LogP contribution is 2.41. The molecule has 0 amide bonds. The van der Waals surface area contributed by atoms with E-state index in [1.165, 1.54) is 0 Å². The number of rotatable bonds is 3. The number of hydrogen-bond acceptors (Lipinski definition) is 4. The van der Waals surface area contributed by atoms with Gasteiger partial charge in [0, 0.05) is 23.7 Å². The van der Waals surface area contributed by atoms with Gasteiger partial charge >= 0.3 is 0 Å². The van der Waals surface area contributed by atoms with E-state index in [2.05, 4.69) is 20.4 Å². The minimum absolute atomic E-state index is 0.319. The number of fused-ring (bicyclic) bond motifs is 2. The number of nitrogen functional groups attached to an aromatic ring is 1. The van der Waals surface area contributed by atoms with Crippen LogP contribution in [0.3, 0.4) is 0 Å². The van der Waals surface area contributed by atoms with Crippen molar-refractivity contribution in [2.45, 2.75) is 51.0 Å². The van der Waals surface area contributed by atoms with Crippen LogP contribution < -0.4 is 5.73 Å². The van der Waals surface area contributed by atoms with Crippen LogP contribution in [0.4, 0.5) is 5.82 Å². The molecule has 5 rings (SSSR count). The van der Waals surface area contributed by atoms with E-state index in [0.29, 0.717) is 22.7 Å². The molecule has 1 aliphatic carbocycles. The first kappa shape index (κ1) is 19.4. The molecule has 156 valence electrons. The summed E-state index contributed by atoms with van der Waals surface area (Å²) in [5.74, 6) is 2.11. The molecule has 7 heteroatoms. The summed E-state index contributed by atoms with van der Waals surface area (Å²) >= 11 is 6.37. The Morgan fingerprint density at radius 3 is 2.70 bits per heavy atom. The van der Waals surface area contributed by atoms with Gasteiger partial charge in [-0.15, -0.1) is 0 Å². The van der Waals surface area contributed by atoms with Crippen LogP contribution in [0.25, 0.3) is 27.8 Å². The van der Waals surface area contributed by atoms with E-state index >= 15 is 0 Å². The molecule has 0 unspecified atom stereocenters. The van der Waals surface area contributed by atoms with Crippen molar-refractivity contribution in [3.8, 4) is 11.4 Å². The number of nitrogens with two attached hydrogens (primary N) is 1. The molecule has 30 heavy (non-hydrogen) atoms. The SMILES string of the molecule is CC(C)(O)[C@H]1CC[C@H](c2nc(-c3cc4cccc(Cl)c4[nH]3)c3c(N)nccn32)CC1. The van der Waals surface area contributed by atoms with Gasteiger partial charge in [0.2, 0.25) is 0 Å². The fourth-order valence-corrected chi connectivity index (χ4v) is 5.10. The van der Waals surface area contributed by atoms with Gasteiger partial charge in [-0.3, -0.25) is 4.40 Å². The number of H-pyrrole nitrogens is 1. The lowest BCUT2D eigenvalue weighted by molar-refractivity contribution is -0.00192. The number of imidazole rings is 1. The zero-order valence-corrected chi connectivity index (χ0v) is 17.9. The van der Waals surface area contributed by atoms with Gasteiger partial charge in [-0.25, -0.2) is 9.97 Å². The quantitative estimate of drug-likeness (QED) is 0.424. The largest absolute Gasteiger partial charge is 0.390 e. The van der Waals surface area contributed by atoms with Crippen molar-refractivity contribution in [3.63, 3.8) is 0 Å². The summed E-state index contributed by atoms with van der Waals surface area (Å²) in [6.45, 7) is 3.82. The molecule has 4 N–H and O–H groups in total. The predicted molar refractivity (Wildman–Crippen MR) is 121 cm³/mol. The highest BCUT2D eigenvalue weighted by atomic mass is 35.5. The number of halogens is 1. The lowest BCUT2D eigenvalue weighted by atomic mass is 9.74. The van der Waals surface area contributed by atoms with Crippen LogP contribution in [0.2, 0.25) is 5.02 Å². The van der Waals surface area contributed by atoms with E-state index < -0.39 is 5.60 Å². The lowest BCUT2D eigenvalue weighted by Gasteiger charge is -2.35. The average Bonchev–Trinajstić information content (AvgIpc) is 3.31. The topological polar surface area (TPSA) is 92.2 Å². The summed E-state index contributed by atoms with van der Waals surface area (Å²) in [4.78, 5) is 12.8. The summed E-state index contributed by atoms with van der Waals surface area (Å²) in [6.07, 6.45) is 7.63. The van der Waals surface area contributed by atoms with Crippen molar-refractivity contribution < 1.29 is 5.11 Å². The van der Waals surface area contributed by atoms with Crippen molar-refractivity contribution in [2.75, 3.05) is 5.73 Å². The van der Waals surface area contributed by atoms with Crippen LogP contribution in [0, 0.1) is 5.92 Å². The Labute approximate surface area is 180 Å². The molecule has 0 saturated heterocycles. The van der Waals surface area contributed by atoms with Crippen LogP contribution in [-0.4, -0.2) is 30.1 Å². The van der Waals surface area contributed by atoms with Crippen molar-refractivity contribution in [3.05, 3.63) is 47.5 Å². The van der Waals surface area contributed by atoms with Gasteiger partial charge in [-0.2, -0.15) is 0 Å². The van der Waals surface area contributed by atoms with Crippen LogP contribution in [-0.2, 0) is 0 Å². The molecule has 4 aromatic rings. The van der Waals surface area contributed by atoms with Crippen molar-refractivity contribution in [2.24, 2.45) is 5.92 Å². The first-order valence-electron chi connectivity index (χ1n) is 10.5. The number of nitrogens with one attached hydrogen (secondary N) is 1. The molecular weight excluding hydrogens is 398 g/mol. The number of hydrogen-bond donors (Lipinski definition) is 3. The maximum absolute atomic E-state index is 10.4. The number of nitrogens with zero attached hydrogens (tertiary/aromatic N) is 3.